The molecule has 0 fully saturated rings. The fourth-order valence-electron chi connectivity index (χ4n) is 2.40. The summed E-state index contributed by atoms with van der Waals surface area (Å²) in [6.07, 6.45) is 0. The van der Waals surface area contributed by atoms with Gasteiger partial charge < -0.3 is 19.9 Å². The van der Waals surface area contributed by atoms with Gasteiger partial charge in [-0.25, -0.2) is 0 Å². The maximum Gasteiger partial charge on any atom is 0.325 e. The number of hydrogen-bond acceptors (Lipinski definition) is 4. The molecule has 0 spiro atoms. The third-order valence-corrected chi connectivity index (χ3v) is 4.36. The van der Waals surface area contributed by atoms with Crippen LogP contribution in [0.25, 0.3) is 0 Å². The summed E-state index contributed by atoms with van der Waals surface area (Å²) in [5.74, 6) is 0.951. The number of nitrogens with one attached hydrogen (secondary N) is 1. The second-order valence-electron chi connectivity index (χ2n) is 6.13. The van der Waals surface area contributed by atoms with Crippen molar-refractivity contribution < 1.29 is 19.4 Å². The SMILES string of the molecule is COc1ccc(Oc2c(Cl)cc(NC(C)C(=O)O)cc2Cl)cc1C(C)C. The van der Waals surface area contributed by atoms with E-state index in [9.17, 15) is 4.79 Å². The lowest BCUT2D eigenvalue weighted by atomic mass is 10.0. The monoisotopic (exact) mass is 397 g/mol. The Bertz CT molecular complexity index is 785. The number of rotatable bonds is 7. The van der Waals surface area contributed by atoms with Crippen molar-refractivity contribution in [1.29, 1.82) is 0 Å². The maximum absolute atomic E-state index is 11.0. The summed E-state index contributed by atoms with van der Waals surface area (Å²) in [6.45, 7) is 5.65. The summed E-state index contributed by atoms with van der Waals surface area (Å²) < 4.78 is 11.2. The standard InChI is InChI=1S/C19H21Cl2NO4/c1-10(2)14-9-13(5-6-17(14)25-4)26-18-15(20)7-12(8-16(18)21)22-11(3)19(23)24/h5-11,22H,1-4H3,(H,23,24). The van der Waals surface area contributed by atoms with E-state index in [0.29, 0.717) is 17.2 Å². The maximum atomic E-state index is 11.0. The lowest BCUT2D eigenvalue weighted by Crippen LogP contribution is -2.25. The van der Waals surface area contributed by atoms with Crippen LogP contribution < -0.4 is 14.8 Å². The molecular weight excluding hydrogens is 377 g/mol. The van der Waals surface area contributed by atoms with Crippen molar-refractivity contribution in [3.8, 4) is 17.2 Å². The summed E-state index contributed by atoms with van der Waals surface area (Å²) in [5.41, 5.74) is 1.51. The molecule has 2 N–H and O–H groups in total. The number of methoxy groups -OCH3 is 1. The van der Waals surface area contributed by atoms with Crippen LogP contribution in [0.5, 0.6) is 17.2 Å². The molecule has 0 saturated heterocycles. The zero-order chi connectivity index (χ0) is 19.4. The van der Waals surface area contributed by atoms with Crippen molar-refractivity contribution in [2.24, 2.45) is 0 Å². The number of halogens is 2. The second-order valence-corrected chi connectivity index (χ2v) is 6.95. The van der Waals surface area contributed by atoms with Gasteiger partial charge in [-0.3, -0.25) is 4.79 Å². The second kappa shape index (κ2) is 8.52. The number of carboxylic acids is 1. The number of benzene rings is 2. The molecule has 2 rings (SSSR count). The Labute approximate surface area is 162 Å². The van der Waals surface area contributed by atoms with Crippen molar-refractivity contribution in [2.45, 2.75) is 32.7 Å². The molecule has 0 aliphatic heterocycles. The predicted molar refractivity (Wildman–Crippen MR) is 104 cm³/mol. The van der Waals surface area contributed by atoms with Crippen LogP contribution in [0.2, 0.25) is 10.0 Å². The lowest BCUT2D eigenvalue weighted by molar-refractivity contribution is -0.137. The first-order chi connectivity index (χ1) is 12.2. The fourth-order valence-corrected chi connectivity index (χ4v) is 2.96. The van der Waals surface area contributed by atoms with E-state index >= 15 is 0 Å². The molecule has 1 atom stereocenters. The zero-order valence-electron chi connectivity index (χ0n) is 15.0. The molecule has 2 aromatic rings. The summed E-state index contributed by atoms with van der Waals surface area (Å²) in [7, 11) is 1.62. The van der Waals surface area contributed by atoms with E-state index in [1.807, 2.05) is 12.1 Å². The highest BCUT2D eigenvalue weighted by Crippen LogP contribution is 2.40. The number of anilines is 1. The first-order valence-electron chi connectivity index (χ1n) is 8.07. The van der Waals surface area contributed by atoms with Gasteiger partial charge in [0, 0.05) is 11.3 Å². The van der Waals surface area contributed by atoms with Crippen molar-refractivity contribution in [2.75, 3.05) is 12.4 Å². The van der Waals surface area contributed by atoms with E-state index in [0.717, 1.165) is 11.3 Å². The first kappa shape index (κ1) is 20.2. The van der Waals surface area contributed by atoms with Gasteiger partial charge in [0.25, 0.3) is 0 Å². The van der Waals surface area contributed by atoms with E-state index < -0.39 is 12.0 Å². The minimum absolute atomic E-state index is 0.253. The van der Waals surface area contributed by atoms with Crippen molar-refractivity contribution in [3.05, 3.63) is 45.9 Å². The van der Waals surface area contributed by atoms with Gasteiger partial charge in [0.15, 0.2) is 5.75 Å². The van der Waals surface area contributed by atoms with Crippen LogP contribution in [0.3, 0.4) is 0 Å². The van der Waals surface area contributed by atoms with Crippen LogP contribution in [-0.2, 0) is 4.79 Å². The van der Waals surface area contributed by atoms with Gasteiger partial charge in [-0.2, -0.15) is 0 Å². The van der Waals surface area contributed by atoms with E-state index in [4.69, 9.17) is 37.8 Å². The predicted octanol–water partition coefficient (Wildman–Crippen LogP) is 5.80. The molecule has 0 aliphatic rings. The number of carbonyl (C=O) groups is 1. The van der Waals surface area contributed by atoms with Gasteiger partial charge in [0.1, 0.15) is 17.5 Å². The summed E-state index contributed by atoms with van der Waals surface area (Å²) in [4.78, 5) is 11.0. The van der Waals surface area contributed by atoms with E-state index in [1.54, 1.807) is 25.3 Å². The van der Waals surface area contributed by atoms with Crippen LogP contribution in [0, 0.1) is 0 Å². The molecule has 26 heavy (non-hydrogen) atoms. The number of ether oxygens (including phenoxy) is 2. The largest absolute Gasteiger partial charge is 0.496 e. The van der Waals surface area contributed by atoms with E-state index in [1.165, 1.54) is 6.92 Å². The lowest BCUT2D eigenvalue weighted by Gasteiger charge is -2.16. The fraction of sp³-hybridized carbons (Fsp3) is 0.316. The molecule has 2 aromatic carbocycles. The van der Waals surface area contributed by atoms with Gasteiger partial charge in [0.05, 0.1) is 17.2 Å². The molecule has 7 heteroatoms. The Kier molecular flexibility index (Phi) is 6.62. The van der Waals surface area contributed by atoms with Crippen LogP contribution in [-0.4, -0.2) is 24.2 Å². The van der Waals surface area contributed by atoms with Gasteiger partial charge in [0.2, 0.25) is 0 Å². The Morgan fingerprint density at radius 1 is 1.12 bits per heavy atom. The molecule has 0 saturated carbocycles. The van der Waals surface area contributed by atoms with E-state index in [-0.39, 0.29) is 16.0 Å². The Balaban J connectivity index is 2.30. The van der Waals surface area contributed by atoms with E-state index in [2.05, 4.69) is 19.2 Å². The van der Waals surface area contributed by atoms with Crippen molar-refractivity contribution in [1.82, 2.24) is 0 Å². The van der Waals surface area contributed by atoms with Crippen LogP contribution in [0.15, 0.2) is 30.3 Å². The Hall–Kier alpha value is -2.11. The molecule has 0 amide bonds. The minimum atomic E-state index is -0.975. The van der Waals surface area contributed by atoms with Crippen molar-refractivity contribution >= 4 is 34.9 Å². The van der Waals surface area contributed by atoms with Gasteiger partial charge in [-0.1, -0.05) is 37.0 Å². The highest BCUT2D eigenvalue weighted by atomic mass is 35.5. The smallest absolute Gasteiger partial charge is 0.325 e. The molecule has 0 aliphatic carbocycles. The average Bonchev–Trinajstić information content (AvgIpc) is 2.57. The van der Waals surface area contributed by atoms with Crippen molar-refractivity contribution in [3.63, 3.8) is 0 Å². The highest BCUT2D eigenvalue weighted by molar-refractivity contribution is 6.37. The molecule has 140 valence electrons. The summed E-state index contributed by atoms with van der Waals surface area (Å²) >= 11 is 12.6. The number of carboxylic acid groups (broad SMARTS) is 1. The van der Waals surface area contributed by atoms with Gasteiger partial charge in [-0.15, -0.1) is 0 Å². The topological polar surface area (TPSA) is 67.8 Å². The Morgan fingerprint density at radius 2 is 1.73 bits per heavy atom. The molecule has 5 nitrogen and oxygen atoms in total. The highest BCUT2D eigenvalue weighted by Gasteiger charge is 2.16. The molecule has 0 radical (unpaired) electrons. The first-order valence-corrected chi connectivity index (χ1v) is 8.82. The van der Waals surface area contributed by atoms with Gasteiger partial charge in [-0.05, 0) is 43.2 Å². The van der Waals surface area contributed by atoms with Crippen LogP contribution >= 0.6 is 23.2 Å². The van der Waals surface area contributed by atoms with Crippen LogP contribution in [0.1, 0.15) is 32.3 Å². The normalized spacial score (nSPS) is 12.0. The summed E-state index contributed by atoms with van der Waals surface area (Å²) in [6, 6.07) is 7.87. The number of aliphatic carboxylic acids is 1. The van der Waals surface area contributed by atoms with Crippen LogP contribution in [0.4, 0.5) is 5.69 Å². The molecule has 0 aromatic heterocycles. The minimum Gasteiger partial charge on any atom is -0.496 e. The quantitative estimate of drug-likeness (QED) is 0.617. The molecule has 0 heterocycles. The third-order valence-electron chi connectivity index (χ3n) is 3.79. The Morgan fingerprint density at radius 3 is 2.23 bits per heavy atom. The molecule has 0 bridgehead atoms. The molecule has 1 unspecified atom stereocenters. The molecular formula is C19H21Cl2NO4. The zero-order valence-corrected chi connectivity index (χ0v) is 16.5. The van der Waals surface area contributed by atoms with Gasteiger partial charge >= 0.3 is 5.97 Å². The average molecular weight is 398 g/mol. The number of hydrogen-bond donors (Lipinski definition) is 2. The third kappa shape index (κ3) is 4.74. The summed E-state index contributed by atoms with van der Waals surface area (Å²) in [5, 5.41) is 12.3.